The van der Waals surface area contributed by atoms with Crippen molar-refractivity contribution in [3.63, 3.8) is 0 Å². The minimum atomic E-state index is -1.64. The zero-order valence-electron chi connectivity index (χ0n) is 16.9. The Kier molecular flexibility index (Phi) is 4.94. The summed E-state index contributed by atoms with van der Waals surface area (Å²) in [7, 11) is 0. The first-order valence-electron chi connectivity index (χ1n) is 10.4. The molecule has 4 atom stereocenters. The molecule has 1 saturated carbocycles. The van der Waals surface area contributed by atoms with Crippen LogP contribution in [0.25, 0.3) is 0 Å². The van der Waals surface area contributed by atoms with Crippen LogP contribution in [0.2, 0.25) is 5.02 Å². The lowest BCUT2D eigenvalue weighted by Crippen LogP contribution is -2.51. The maximum absolute atomic E-state index is 12.2. The summed E-state index contributed by atoms with van der Waals surface area (Å²) in [5.74, 6) is 0.812. The molecule has 0 unspecified atom stereocenters. The van der Waals surface area contributed by atoms with Crippen molar-refractivity contribution < 1.29 is 19.7 Å². The second-order valence-electron chi connectivity index (χ2n) is 8.12. The van der Waals surface area contributed by atoms with Crippen LogP contribution in [0.4, 0.5) is 0 Å². The highest BCUT2D eigenvalue weighted by Gasteiger charge is 2.72. The molecular formula is C25H24ClNO4. The molecule has 0 bridgehead atoms. The summed E-state index contributed by atoms with van der Waals surface area (Å²) in [6.45, 7) is 0.770. The van der Waals surface area contributed by atoms with Crippen molar-refractivity contribution in [3.05, 3.63) is 94.5 Å². The molecule has 6 heteroatoms. The number of hydrogen-bond acceptors (Lipinski definition) is 5. The van der Waals surface area contributed by atoms with Gasteiger partial charge in [-0.2, -0.15) is 0 Å². The first-order chi connectivity index (χ1) is 15.0. The van der Waals surface area contributed by atoms with Crippen molar-refractivity contribution >= 4 is 11.6 Å². The van der Waals surface area contributed by atoms with Crippen LogP contribution in [-0.2, 0) is 11.2 Å². The lowest BCUT2D eigenvalue weighted by atomic mass is 9.71. The summed E-state index contributed by atoms with van der Waals surface area (Å²) in [6.07, 6.45) is -0.668. The van der Waals surface area contributed by atoms with E-state index in [1.165, 1.54) is 0 Å². The van der Waals surface area contributed by atoms with Gasteiger partial charge in [0.2, 0.25) is 0 Å². The van der Waals surface area contributed by atoms with E-state index in [-0.39, 0.29) is 5.92 Å². The minimum absolute atomic E-state index is 0.282. The van der Waals surface area contributed by atoms with Gasteiger partial charge < -0.3 is 25.4 Å². The molecule has 3 aromatic carbocycles. The Labute approximate surface area is 186 Å². The summed E-state index contributed by atoms with van der Waals surface area (Å²) < 4.78 is 12.3. The van der Waals surface area contributed by atoms with Gasteiger partial charge in [0.15, 0.2) is 11.2 Å². The second kappa shape index (κ2) is 7.53. The van der Waals surface area contributed by atoms with Gasteiger partial charge in [0, 0.05) is 29.1 Å². The van der Waals surface area contributed by atoms with Gasteiger partial charge in [-0.1, -0.05) is 54.1 Å². The van der Waals surface area contributed by atoms with Crippen molar-refractivity contribution in [1.82, 2.24) is 0 Å². The molecule has 3 aromatic rings. The van der Waals surface area contributed by atoms with Gasteiger partial charge in [-0.25, -0.2) is 0 Å². The van der Waals surface area contributed by atoms with Crippen LogP contribution >= 0.6 is 11.6 Å². The standard InChI is InChI=1S/C25H24ClNO4/c26-18-8-6-17(7-9-18)25-21(16-4-2-1-3-5-16)15-23(28)24(25,29)20-11-10-19(30-13-12-27)14-22(20)31-25/h1-11,14,21,23,28-29H,12-13,15,27H2/t21-,23+,24-,25-/m1/s1. The predicted molar refractivity (Wildman–Crippen MR) is 118 cm³/mol. The average molecular weight is 438 g/mol. The van der Waals surface area contributed by atoms with E-state index in [1.807, 2.05) is 42.5 Å². The Morgan fingerprint density at radius 3 is 2.52 bits per heavy atom. The molecule has 5 rings (SSSR count). The van der Waals surface area contributed by atoms with E-state index < -0.39 is 17.3 Å². The molecule has 1 aliphatic heterocycles. The average Bonchev–Trinajstić information content (AvgIpc) is 3.18. The number of fused-ring (bicyclic) bond motifs is 3. The Morgan fingerprint density at radius 1 is 1.06 bits per heavy atom. The molecule has 5 nitrogen and oxygen atoms in total. The summed E-state index contributed by atoms with van der Waals surface area (Å²) in [5, 5.41) is 24.0. The van der Waals surface area contributed by atoms with Gasteiger partial charge in [-0.3, -0.25) is 0 Å². The van der Waals surface area contributed by atoms with Crippen LogP contribution in [0, 0.1) is 0 Å². The van der Waals surface area contributed by atoms with Crippen LogP contribution in [0.5, 0.6) is 11.5 Å². The highest BCUT2D eigenvalue weighted by Crippen LogP contribution is 2.66. The summed E-state index contributed by atoms with van der Waals surface area (Å²) in [6, 6.07) is 22.4. The van der Waals surface area contributed by atoms with E-state index in [0.29, 0.717) is 41.7 Å². The van der Waals surface area contributed by atoms with Gasteiger partial charge in [0.05, 0.1) is 6.10 Å². The lowest BCUT2D eigenvalue weighted by molar-refractivity contribution is -0.149. The lowest BCUT2D eigenvalue weighted by Gasteiger charge is -2.40. The molecule has 0 amide bonds. The number of hydrogen-bond donors (Lipinski definition) is 3. The van der Waals surface area contributed by atoms with Gasteiger partial charge in [-0.05, 0) is 41.8 Å². The van der Waals surface area contributed by atoms with Gasteiger partial charge in [0.25, 0.3) is 0 Å². The fraction of sp³-hybridized carbons (Fsp3) is 0.280. The van der Waals surface area contributed by atoms with Crippen LogP contribution < -0.4 is 15.2 Å². The molecule has 31 heavy (non-hydrogen) atoms. The Bertz CT molecular complexity index is 1090. The Hall–Kier alpha value is -2.57. The number of aliphatic hydroxyl groups excluding tert-OH is 1. The summed E-state index contributed by atoms with van der Waals surface area (Å²) in [4.78, 5) is 0. The number of nitrogens with two attached hydrogens (primary N) is 1. The number of rotatable bonds is 5. The van der Waals surface area contributed by atoms with Crippen molar-refractivity contribution in [2.75, 3.05) is 13.2 Å². The minimum Gasteiger partial charge on any atom is -0.492 e. The molecule has 0 saturated heterocycles. The van der Waals surface area contributed by atoms with E-state index in [0.717, 1.165) is 11.1 Å². The largest absolute Gasteiger partial charge is 0.492 e. The molecule has 1 fully saturated rings. The quantitative estimate of drug-likeness (QED) is 0.566. The topological polar surface area (TPSA) is 84.9 Å². The third-order valence-electron chi connectivity index (χ3n) is 6.49. The van der Waals surface area contributed by atoms with E-state index in [4.69, 9.17) is 26.8 Å². The predicted octanol–water partition coefficient (Wildman–Crippen LogP) is 3.70. The molecule has 160 valence electrons. The van der Waals surface area contributed by atoms with E-state index in [2.05, 4.69) is 0 Å². The monoisotopic (exact) mass is 437 g/mol. The van der Waals surface area contributed by atoms with Crippen LogP contribution in [0.1, 0.15) is 29.0 Å². The van der Waals surface area contributed by atoms with Crippen molar-refractivity contribution in [1.29, 1.82) is 0 Å². The fourth-order valence-corrected chi connectivity index (χ4v) is 5.30. The first kappa shape index (κ1) is 20.3. The summed E-state index contributed by atoms with van der Waals surface area (Å²) >= 11 is 6.15. The van der Waals surface area contributed by atoms with E-state index in [9.17, 15) is 10.2 Å². The Morgan fingerprint density at radius 2 is 1.81 bits per heavy atom. The molecule has 4 N–H and O–H groups in total. The third kappa shape index (κ3) is 2.88. The zero-order valence-corrected chi connectivity index (χ0v) is 17.6. The van der Waals surface area contributed by atoms with Crippen molar-refractivity contribution in [2.24, 2.45) is 5.73 Å². The number of aliphatic hydroxyl groups is 2. The van der Waals surface area contributed by atoms with Crippen LogP contribution in [0.3, 0.4) is 0 Å². The van der Waals surface area contributed by atoms with Crippen LogP contribution in [0.15, 0.2) is 72.8 Å². The van der Waals surface area contributed by atoms with Gasteiger partial charge >= 0.3 is 0 Å². The zero-order chi connectivity index (χ0) is 21.6. The molecular weight excluding hydrogens is 414 g/mol. The Balaban J connectivity index is 1.71. The van der Waals surface area contributed by atoms with Gasteiger partial charge in [0.1, 0.15) is 18.1 Å². The maximum Gasteiger partial charge on any atom is 0.176 e. The number of ether oxygens (including phenoxy) is 2. The van der Waals surface area contributed by atoms with E-state index in [1.54, 1.807) is 30.3 Å². The number of halogens is 1. The third-order valence-corrected chi connectivity index (χ3v) is 6.75. The molecule has 0 spiro atoms. The smallest absolute Gasteiger partial charge is 0.176 e. The molecule has 1 heterocycles. The first-order valence-corrected chi connectivity index (χ1v) is 10.8. The van der Waals surface area contributed by atoms with Crippen molar-refractivity contribution in [3.8, 4) is 11.5 Å². The van der Waals surface area contributed by atoms with Crippen molar-refractivity contribution in [2.45, 2.75) is 29.6 Å². The fourth-order valence-electron chi connectivity index (χ4n) is 5.18. The summed E-state index contributed by atoms with van der Waals surface area (Å²) in [5.41, 5.74) is 4.99. The number of benzene rings is 3. The normalized spacial score (nSPS) is 28.6. The molecule has 0 aromatic heterocycles. The highest BCUT2D eigenvalue weighted by molar-refractivity contribution is 6.30. The van der Waals surface area contributed by atoms with Crippen LogP contribution in [-0.4, -0.2) is 29.5 Å². The second-order valence-corrected chi connectivity index (χ2v) is 8.56. The maximum atomic E-state index is 12.2. The van der Waals surface area contributed by atoms with Gasteiger partial charge in [-0.15, -0.1) is 0 Å². The van der Waals surface area contributed by atoms with E-state index >= 15 is 0 Å². The molecule has 0 radical (unpaired) electrons. The molecule has 2 aliphatic rings. The SMILES string of the molecule is NCCOc1ccc2c(c1)O[C@]1(c3ccc(Cl)cc3)[C@@H](c3ccccc3)C[C@H](O)[C@]21O. The molecule has 1 aliphatic carbocycles. The highest BCUT2D eigenvalue weighted by atomic mass is 35.5.